The van der Waals surface area contributed by atoms with E-state index in [1.54, 1.807) is 0 Å². The van der Waals surface area contributed by atoms with Crippen LogP contribution in [0.3, 0.4) is 0 Å². The van der Waals surface area contributed by atoms with Crippen molar-refractivity contribution in [2.45, 2.75) is 77.1 Å². The zero-order chi connectivity index (χ0) is 23.2. The highest BCUT2D eigenvalue weighted by Crippen LogP contribution is 2.38. The largest absolute Gasteiger partial charge is 0.444 e. The number of H-pyrrole nitrogens is 1. The third-order valence-corrected chi connectivity index (χ3v) is 6.23. The Morgan fingerprint density at radius 3 is 2.55 bits per heavy atom. The number of carbonyl (C=O) groups excluding carboxylic acids is 1. The van der Waals surface area contributed by atoms with Gasteiger partial charge in [-0.25, -0.2) is 9.78 Å². The van der Waals surface area contributed by atoms with E-state index < -0.39 is 5.60 Å². The summed E-state index contributed by atoms with van der Waals surface area (Å²) in [5, 5.41) is 15.0. The summed E-state index contributed by atoms with van der Waals surface area (Å²) in [6, 6.07) is 10.4. The van der Waals surface area contributed by atoms with Crippen molar-refractivity contribution in [1.82, 2.24) is 25.1 Å². The Morgan fingerprint density at radius 1 is 1.15 bits per heavy atom. The number of anilines is 3. The third kappa shape index (κ3) is 4.58. The number of aryl methyl sites for hydroxylation is 1. The van der Waals surface area contributed by atoms with Crippen molar-refractivity contribution in [1.29, 1.82) is 0 Å². The normalized spacial score (nSPS) is 22.4. The van der Waals surface area contributed by atoms with Gasteiger partial charge >= 0.3 is 6.09 Å². The van der Waals surface area contributed by atoms with Gasteiger partial charge in [0, 0.05) is 35.3 Å². The molecule has 9 nitrogen and oxygen atoms in total. The quantitative estimate of drug-likeness (QED) is 0.527. The number of nitrogens with zero attached hydrogens (tertiary/aromatic N) is 4. The first-order valence-corrected chi connectivity index (χ1v) is 11.6. The third-order valence-electron chi connectivity index (χ3n) is 6.23. The molecule has 3 atom stereocenters. The maximum absolute atomic E-state index is 12.7. The Labute approximate surface area is 193 Å². The van der Waals surface area contributed by atoms with Crippen molar-refractivity contribution in [3.05, 3.63) is 36.0 Å². The molecule has 2 bridgehead atoms. The van der Waals surface area contributed by atoms with Gasteiger partial charge in [0.25, 0.3) is 0 Å². The molecule has 1 aromatic carbocycles. The summed E-state index contributed by atoms with van der Waals surface area (Å²) in [6.45, 7) is 7.69. The van der Waals surface area contributed by atoms with Gasteiger partial charge in [-0.15, -0.1) is 0 Å². The number of ether oxygens (including phenoxy) is 1. The topological polar surface area (TPSA) is 108 Å². The summed E-state index contributed by atoms with van der Waals surface area (Å²) in [4.78, 5) is 24.2. The highest BCUT2D eigenvalue weighted by Gasteiger charge is 2.45. The first kappa shape index (κ1) is 21.5. The fourth-order valence-corrected chi connectivity index (χ4v) is 4.93. The summed E-state index contributed by atoms with van der Waals surface area (Å²) >= 11 is 0. The zero-order valence-electron chi connectivity index (χ0n) is 19.6. The number of aromatic amines is 1. The van der Waals surface area contributed by atoms with Crippen LogP contribution in [0.2, 0.25) is 0 Å². The van der Waals surface area contributed by atoms with Gasteiger partial charge in [-0.3, -0.25) is 5.10 Å². The van der Waals surface area contributed by atoms with Crippen molar-refractivity contribution in [3.63, 3.8) is 0 Å². The molecule has 2 aliphatic heterocycles. The summed E-state index contributed by atoms with van der Waals surface area (Å²) in [6.07, 6.45) is 3.52. The molecule has 0 saturated carbocycles. The van der Waals surface area contributed by atoms with Crippen LogP contribution < -0.4 is 10.6 Å². The van der Waals surface area contributed by atoms with E-state index in [1.165, 1.54) is 0 Å². The molecule has 3 aromatic rings. The van der Waals surface area contributed by atoms with Crippen LogP contribution in [-0.4, -0.2) is 54.9 Å². The molecule has 3 N–H and O–H groups in total. The van der Waals surface area contributed by atoms with E-state index in [9.17, 15) is 4.79 Å². The van der Waals surface area contributed by atoms with Gasteiger partial charge < -0.3 is 20.3 Å². The second kappa shape index (κ2) is 8.20. The van der Waals surface area contributed by atoms with Crippen molar-refractivity contribution in [2.75, 3.05) is 10.6 Å². The molecule has 4 heterocycles. The van der Waals surface area contributed by atoms with Gasteiger partial charge in [-0.05, 0) is 65.5 Å². The van der Waals surface area contributed by atoms with Gasteiger partial charge in [0.15, 0.2) is 5.82 Å². The molecule has 2 fully saturated rings. The molecule has 1 unspecified atom stereocenters. The van der Waals surface area contributed by atoms with Gasteiger partial charge in [-0.1, -0.05) is 12.1 Å². The number of amides is 1. The molecule has 1 amide bonds. The monoisotopic (exact) mass is 449 g/mol. The smallest absolute Gasteiger partial charge is 0.410 e. The van der Waals surface area contributed by atoms with Crippen molar-refractivity contribution in [2.24, 2.45) is 0 Å². The molecule has 2 saturated heterocycles. The van der Waals surface area contributed by atoms with Crippen LogP contribution in [0.4, 0.5) is 22.4 Å². The molecule has 0 aliphatic carbocycles. The molecule has 33 heavy (non-hydrogen) atoms. The van der Waals surface area contributed by atoms with Crippen molar-refractivity contribution >= 4 is 34.6 Å². The lowest BCUT2D eigenvalue weighted by molar-refractivity contribution is 0.00682. The predicted octanol–water partition coefficient (Wildman–Crippen LogP) is 4.75. The number of benzene rings is 1. The number of carbonyl (C=O) groups is 1. The van der Waals surface area contributed by atoms with Crippen LogP contribution in [0.25, 0.3) is 10.9 Å². The fraction of sp³-hybridized carbons (Fsp3) is 0.500. The number of hydrogen-bond donors (Lipinski definition) is 3. The van der Waals surface area contributed by atoms with Gasteiger partial charge in [0.2, 0.25) is 5.95 Å². The molecule has 9 heteroatoms. The Morgan fingerprint density at radius 2 is 1.88 bits per heavy atom. The van der Waals surface area contributed by atoms with Gasteiger partial charge in [-0.2, -0.15) is 10.1 Å². The van der Waals surface area contributed by atoms with Crippen LogP contribution in [-0.2, 0) is 4.74 Å². The van der Waals surface area contributed by atoms with Crippen LogP contribution in [0.5, 0.6) is 0 Å². The molecule has 5 rings (SSSR count). The lowest BCUT2D eigenvalue weighted by Gasteiger charge is -2.39. The molecule has 2 aliphatic rings. The predicted molar refractivity (Wildman–Crippen MR) is 128 cm³/mol. The first-order chi connectivity index (χ1) is 15.7. The van der Waals surface area contributed by atoms with E-state index in [-0.39, 0.29) is 24.2 Å². The number of nitrogens with one attached hydrogen (secondary N) is 3. The van der Waals surface area contributed by atoms with E-state index in [1.807, 2.05) is 62.9 Å². The lowest BCUT2D eigenvalue weighted by atomic mass is 9.98. The van der Waals surface area contributed by atoms with Crippen LogP contribution >= 0.6 is 0 Å². The Hall–Kier alpha value is -3.36. The highest BCUT2D eigenvalue weighted by molar-refractivity contribution is 5.91. The van der Waals surface area contributed by atoms with Crippen molar-refractivity contribution < 1.29 is 9.53 Å². The molecular formula is C24H31N7O2. The number of hydrogen-bond acceptors (Lipinski definition) is 7. The number of piperidine rings is 1. The van der Waals surface area contributed by atoms with Crippen molar-refractivity contribution in [3.8, 4) is 0 Å². The fourth-order valence-electron chi connectivity index (χ4n) is 4.93. The van der Waals surface area contributed by atoms with E-state index in [2.05, 4.69) is 20.8 Å². The zero-order valence-corrected chi connectivity index (χ0v) is 19.6. The summed E-state index contributed by atoms with van der Waals surface area (Å²) < 4.78 is 5.66. The molecule has 0 spiro atoms. The molecule has 0 radical (unpaired) electrons. The second-order valence-corrected chi connectivity index (χ2v) is 10.1. The lowest BCUT2D eigenvalue weighted by Crippen LogP contribution is -2.51. The minimum Gasteiger partial charge on any atom is -0.444 e. The van der Waals surface area contributed by atoms with E-state index in [0.29, 0.717) is 17.6 Å². The molecule has 174 valence electrons. The number of para-hydroxylation sites is 1. The number of aromatic nitrogens is 4. The first-order valence-electron chi connectivity index (χ1n) is 11.6. The van der Waals surface area contributed by atoms with Gasteiger partial charge in [0.1, 0.15) is 11.4 Å². The summed E-state index contributed by atoms with van der Waals surface area (Å²) in [5.41, 5.74) is 1.35. The maximum Gasteiger partial charge on any atom is 0.410 e. The Bertz CT molecular complexity index is 1160. The van der Waals surface area contributed by atoms with Crippen LogP contribution in [0.1, 0.15) is 52.1 Å². The van der Waals surface area contributed by atoms with E-state index in [0.717, 1.165) is 42.3 Å². The van der Waals surface area contributed by atoms with Crippen LogP contribution in [0, 0.1) is 6.92 Å². The number of fused-ring (bicyclic) bond motifs is 3. The minimum atomic E-state index is -0.485. The molecular weight excluding hydrogens is 418 g/mol. The van der Waals surface area contributed by atoms with E-state index >= 15 is 0 Å². The van der Waals surface area contributed by atoms with Gasteiger partial charge in [0.05, 0.1) is 5.52 Å². The summed E-state index contributed by atoms with van der Waals surface area (Å²) in [7, 11) is 0. The van der Waals surface area contributed by atoms with E-state index in [4.69, 9.17) is 14.7 Å². The maximum atomic E-state index is 12.7. The summed E-state index contributed by atoms with van der Waals surface area (Å²) in [5.74, 6) is 2.01. The average Bonchev–Trinajstić information content (AvgIpc) is 3.27. The molecule has 2 aromatic heterocycles. The minimum absolute atomic E-state index is 0.182. The second-order valence-electron chi connectivity index (χ2n) is 10.1. The Kier molecular flexibility index (Phi) is 5.34. The highest BCUT2D eigenvalue weighted by atomic mass is 16.6. The SMILES string of the molecule is Cc1cc(Nc2nc(NC3C[C@H]4CC[C@@H](C3)N4C(=O)OC(C)(C)C)nc3ccccc23)n[nH]1. The number of rotatable bonds is 4. The average molecular weight is 450 g/mol. The Balaban J connectivity index is 1.34. The standard InChI is InChI=1S/C24H31N7O2/c1-14-11-20(30-29-14)27-21-18-7-5-6-8-19(18)26-22(28-21)25-15-12-16-9-10-17(13-15)31(16)23(32)33-24(2,3)4/h5-8,11,15-17H,9-10,12-13H2,1-4H3,(H3,25,26,27,28,29,30)/t15?,16-,17+. The van der Waals surface area contributed by atoms with Crippen LogP contribution in [0.15, 0.2) is 30.3 Å².